The molecule has 0 aromatic heterocycles. The third-order valence-electron chi connectivity index (χ3n) is 8.16. The van der Waals surface area contributed by atoms with E-state index in [0.29, 0.717) is 16.7 Å². The number of halogens is 1. The van der Waals surface area contributed by atoms with Gasteiger partial charge in [0.15, 0.2) is 5.78 Å². The molecule has 0 aliphatic carbocycles. The number of carbonyl (C=O) groups is 5. The third kappa shape index (κ3) is 7.91. The summed E-state index contributed by atoms with van der Waals surface area (Å²) in [6, 6.07) is 27.6. The Morgan fingerprint density at radius 1 is 0.840 bits per heavy atom. The van der Waals surface area contributed by atoms with Crippen LogP contribution >= 0.6 is 12.6 Å². The number of Topliss-reactive ketones (excluding diaryl/α,β-unsaturated/α-hetero) is 1. The number of ether oxygens (including phenoxy) is 1. The van der Waals surface area contributed by atoms with Crippen molar-refractivity contribution in [1.82, 2.24) is 10.2 Å². The van der Waals surface area contributed by atoms with E-state index >= 15 is 0 Å². The monoisotopic (exact) mass is 700 g/mol. The van der Waals surface area contributed by atoms with Crippen LogP contribution in [0.3, 0.4) is 0 Å². The number of benzene rings is 4. The largest absolute Gasteiger partial charge is 0.480 e. The first-order valence-electron chi connectivity index (χ1n) is 15.6. The summed E-state index contributed by atoms with van der Waals surface area (Å²) >= 11 is 4.28. The zero-order valence-electron chi connectivity index (χ0n) is 26.9. The first-order valence-corrected chi connectivity index (χ1v) is 16.2. The normalized spacial score (nSPS) is 12.3. The molecule has 11 nitrogen and oxygen atoms in total. The Morgan fingerprint density at radius 3 is 1.80 bits per heavy atom. The summed E-state index contributed by atoms with van der Waals surface area (Å²) < 4.78 is 17.7. The number of carboxylic acids is 1. The van der Waals surface area contributed by atoms with Crippen LogP contribution in [-0.4, -0.2) is 77.3 Å². The van der Waals surface area contributed by atoms with Gasteiger partial charge in [-0.25, -0.2) is 14.0 Å². The lowest BCUT2D eigenvalue weighted by Crippen LogP contribution is -2.62. The highest BCUT2D eigenvalue weighted by Gasteiger charge is 2.50. The van der Waals surface area contributed by atoms with Crippen LogP contribution in [0, 0.1) is 0 Å². The van der Waals surface area contributed by atoms with E-state index in [4.69, 9.17) is 11.5 Å². The third-order valence-corrected chi connectivity index (χ3v) is 8.56. The summed E-state index contributed by atoms with van der Waals surface area (Å²) in [5.74, 6) is -5.01. The minimum absolute atomic E-state index is 0.0121. The summed E-state index contributed by atoms with van der Waals surface area (Å²) in [6.07, 6.45) is -0.530. The smallest absolute Gasteiger partial charge is 0.341 e. The van der Waals surface area contributed by atoms with Crippen molar-refractivity contribution in [1.29, 1.82) is 0 Å². The topological polar surface area (TPSA) is 182 Å². The number of hydrogen-bond donors (Lipinski definition) is 5. The molecule has 0 bridgehead atoms. The van der Waals surface area contributed by atoms with E-state index in [1.165, 1.54) is 23.1 Å². The van der Waals surface area contributed by atoms with E-state index in [2.05, 4.69) is 22.7 Å². The van der Waals surface area contributed by atoms with Crippen molar-refractivity contribution in [2.45, 2.75) is 24.0 Å². The predicted octanol–water partition coefficient (Wildman–Crippen LogP) is 3.10. The Hall–Kier alpha value is -5.37. The number of carboxylic acid groups (broad SMARTS) is 1. The number of rotatable bonds is 16. The number of hydrogen-bond acceptors (Lipinski definition) is 9. The van der Waals surface area contributed by atoms with Crippen molar-refractivity contribution in [3.8, 4) is 0 Å². The number of nitrogens with two attached hydrogens (primary N) is 2. The van der Waals surface area contributed by atoms with E-state index in [-0.39, 0.29) is 22.4 Å². The molecule has 0 saturated carbocycles. The van der Waals surface area contributed by atoms with Gasteiger partial charge in [-0.15, -0.1) is 0 Å². The van der Waals surface area contributed by atoms with Crippen molar-refractivity contribution >= 4 is 42.2 Å². The zero-order valence-corrected chi connectivity index (χ0v) is 27.8. The molecule has 4 rings (SSSR count). The van der Waals surface area contributed by atoms with Gasteiger partial charge in [0.05, 0.1) is 24.7 Å². The molecule has 6 N–H and O–H groups in total. The quantitative estimate of drug-likeness (QED) is 0.0508. The van der Waals surface area contributed by atoms with Crippen molar-refractivity contribution in [2.24, 2.45) is 11.5 Å². The zero-order chi connectivity index (χ0) is 36.3. The van der Waals surface area contributed by atoms with Gasteiger partial charge in [0.25, 0.3) is 0 Å². The molecule has 50 heavy (non-hydrogen) atoms. The molecule has 0 aliphatic rings. The summed E-state index contributed by atoms with van der Waals surface area (Å²) in [6.45, 7) is -2.53. The number of carbonyl (C=O) groups excluding carboxylic acids is 4. The van der Waals surface area contributed by atoms with Crippen molar-refractivity contribution in [3.05, 3.63) is 143 Å². The van der Waals surface area contributed by atoms with Gasteiger partial charge in [-0.1, -0.05) is 103 Å². The number of ketones is 1. The molecule has 4 aromatic rings. The molecular formula is C37H37FN4O7S. The van der Waals surface area contributed by atoms with Crippen LogP contribution in [0.25, 0.3) is 0 Å². The van der Waals surface area contributed by atoms with E-state index in [1.807, 2.05) is 0 Å². The SMILES string of the molecule is NCC(=O)NCC(=O)c1c(CC(C(=O)O)N(C(=O)C(N)CS)C(c2ccccc2)(c2ccccc2)c2ccccc2)cccc1C(=O)OCF. The van der Waals surface area contributed by atoms with Crippen molar-refractivity contribution < 1.29 is 38.2 Å². The maximum absolute atomic E-state index is 14.7. The number of aliphatic carboxylic acids is 1. The minimum Gasteiger partial charge on any atom is -0.480 e. The molecule has 13 heteroatoms. The number of alkyl halides is 1. The maximum Gasteiger partial charge on any atom is 0.341 e. The molecule has 0 heterocycles. The first kappa shape index (κ1) is 37.4. The average Bonchev–Trinajstić information content (AvgIpc) is 3.15. The highest BCUT2D eigenvalue weighted by atomic mass is 32.1. The Labute approximate surface area is 293 Å². The van der Waals surface area contributed by atoms with Gasteiger partial charge in [0.2, 0.25) is 18.7 Å². The number of thiol groups is 1. The second-order valence-electron chi connectivity index (χ2n) is 11.1. The van der Waals surface area contributed by atoms with Crippen LogP contribution in [0.1, 0.15) is 43.0 Å². The lowest BCUT2D eigenvalue weighted by atomic mass is 9.74. The molecule has 2 amide bonds. The molecular weight excluding hydrogens is 663 g/mol. The van der Waals surface area contributed by atoms with Gasteiger partial charge < -0.3 is 31.5 Å². The number of amides is 2. The highest BCUT2D eigenvalue weighted by Crippen LogP contribution is 2.44. The van der Waals surface area contributed by atoms with Crippen molar-refractivity contribution in [3.63, 3.8) is 0 Å². The molecule has 4 aromatic carbocycles. The van der Waals surface area contributed by atoms with Crippen LogP contribution in [0.5, 0.6) is 0 Å². The standard InChI is InChI=1S/C37H37FN4O7S/c38-23-49-36(48)28-18-10-11-24(33(28)31(43)21-41-32(44)20-39)19-30(35(46)47)42(34(45)29(40)22-50)37(25-12-4-1-5-13-25,26-14-6-2-7-15-26)27-16-8-3-9-17-27/h1-18,29-30,50H,19-23,39-40H2,(H,41,44)(H,46,47). The minimum atomic E-state index is -1.74. The predicted molar refractivity (Wildman–Crippen MR) is 187 cm³/mol. The summed E-state index contributed by atoms with van der Waals surface area (Å²) in [5.41, 5.74) is 11.1. The van der Waals surface area contributed by atoms with Crippen LogP contribution in [0.4, 0.5) is 4.39 Å². The fourth-order valence-electron chi connectivity index (χ4n) is 6.00. The van der Waals surface area contributed by atoms with Crippen molar-refractivity contribution in [2.75, 3.05) is 25.7 Å². The second-order valence-corrected chi connectivity index (χ2v) is 11.5. The Kier molecular flexibility index (Phi) is 13.0. The van der Waals surface area contributed by atoms with Gasteiger partial charge in [-0.3, -0.25) is 14.4 Å². The molecule has 0 saturated heterocycles. The Balaban J connectivity index is 2.07. The number of nitrogens with zero attached hydrogens (tertiary/aromatic N) is 1. The Morgan fingerprint density at radius 2 is 1.36 bits per heavy atom. The highest BCUT2D eigenvalue weighted by molar-refractivity contribution is 7.80. The molecule has 2 unspecified atom stereocenters. The number of esters is 1. The fourth-order valence-corrected chi connectivity index (χ4v) is 6.15. The summed E-state index contributed by atoms with van der Waals surface area (Å²) in [4.78, 5) is 68.0. The lowest BCUT2D eigenvalue weighted by molar-refractivity contribution is -0.154. The van der Waals surface area contributed by atoms with Crippen LogP contribution in [0.2, 0.25) is 0 Å². The first-order chi connectivity index (χ1) is 24.1. The van der Waals surface area contributed by atoms with Gasteiger partial charge in [0, 0.05) is 17.7 Å². The molecule has 0 radical (unpaired) electrons. The van der Waals surface area contributed by atoms with Crippen LogP contribution in [-0.2, 0) is 31.1 Å². The number of nitrogens with one attached hydrogen (secondary N) is 1. The lowest BCUT2D eigenvalue weighted by Gasteiger charge is -2.49. The van der Waals surface area contributed by atoms with E-state index in [9.17, 15) is 33.5 Å². The van der Waals surface area contributed by atoms with Crippen LogP contribution < -0.4 is 16.8 Å². The van der Waals surface area contributed by atoms with E-state index < -0.39 is 73.5 Å². The Bertz CT molecular complexity index is 1720. The second kappa shape index (κ2) is 17.3. The van der Waals surface area contributed by atoms with E-state index in [1.54, 1.807) is 91.0 Å². The van der Waals surface area contributed by atoms with E-state index in [0.717, 1.165) is 0 Å². The fraction of sp³-hybridized carbons (Fsp3) is 0.216. The van der Waals surface area contributed by atoms with Gasteiger partial charge >= 0.3 is 11.9 Å². The van der Waals surface area contributed by atoms with Gasteiger partial charge in [0.1, 0.15) is 11.6 Å². The summed E-state index contributed by atoms with van der Waals surface area (Å²) in [7, 11) is 0. The summed E-state index contributed by atoms with van der Waals surface area (Å²) in [5, 5.41) is 13.4. The van der Waals surface area contributed by atoms with Gasteiger partial charge in [-0.05, 0) is 28.3 Å². The average molecular weight is 701 g/mol. The maximum atomic E-state index is 14.7. The molecule has 2 atom stereocenters. The molecule has 0 fully saturated rings. The van der Waals surface area contributed by atoms with Crippen LogP contribution in [0.15, 0.2) is 109 Å². The molecule has 260 valence electrons. The molecule has 0 aliphatic heterocycles. The van der Waals surface area contributed by atoms with Gasteiger partial charge in [-0.2, -0.15) is 12.6 Å². The molecule has 0 spiro atoms.